The number of aliphatic hydroxyl groups is 1. The number of hydrogen-bond acceptors (Lipinski definition) is 5. The molecule has 2 heterocycles. The average Bonchev–Trinajstić information content (AvgIpc) is 3.19. The summed E-state index contributed by atoms with van der Waals surface area (Å²) in [6.07, 6.45) is 3.06. The van der Waals surface area contributed by atoms with E-state index in [0.717, 1.165) is 21.0 Å². The van der Waals surface area contributed by atoms with E-state index in [-0.39, 0.29) is 12.5 Å². The zero-order chi connectivity index (χ0) is 19.4. The Balaban J connectivity index is 1.97. The molecule has 0 bridgehead atoms. The van der Waals surface area contributed by atoms with E-state index in [1.54, 1.807) is 7.11 Å². The Morgan fingerprint density at radius 3 is 3.00 bits per heavy atom. The van der Waals surface area contributed by atoms with Gasteiger partial charge in [0.2, 0.25) is 0 Å². The highest BCUT2D eigenvalue weighted by Gasteiger charge is 2.23. The van der Waals surface area contributed by atoms with Crippen LogP contribution in [-0.2, 0) is 6.54 Å². The van der Waals surface area contributed by atoms with Crippen molar-refractivity contribution < 1.29 is 14.6 Å². The predicted octanol–water partition coefficient (Wildman–Crippen LogP) is 2.59. The van der Waals surface area contributed by atoms with Gasteiger partial charge in [0.15, 0.2) is 0 Å². The molecule has 1 aromatic carbocycles. The molecule has 0 unspecified atom stereocenters. The van der Waals surface area contributed by atoms with Crippen LogP contribution in [0.3, 0.4) is 0 Å². The molecule has 1 amide bonds. The lowest BCUT2D eigenvalue weighted by atomic mass is 10.1. The maximum Gasteiger partial charge on any atom is 0.255 e. The van der Waals surface area contributed by atoms with E-state index < -0.39 is 0 Å². The van der Waals surface area contributed by atoms with E-state index in [4.69, 9.17) is 15.3 Å². The zero-order valence-electron chi connectivity index (χ0n) is 15.0. The third-order valence-corrected chi connectivity index (χ3v) is 5.05. The Kier molecular flexibility index (Phi) is 5.60. The van der Waals surface area contributed by atoms with Gasteiger partial charge in [-0.1, -0.05) is 18.1 Å². The van der Waals surface area contributed by atoms with Crippen molar-refractivity contribution in [1.29, 1.82) is 5.41 Å². The molecule has 2 aromatic heterocycles. The van der Waals surface area contributed by atoms with Gasteiger partial charge in [-0.05, 0) is 30.5 Å². The van der Waals surface area contributed by atoms with Crippen LogP contribution in [0, 0.1) is 24.2 Å². The minimum atomic E-state index is -0.313. The van der Waals surface area contributed by atoms with Crippen molar-refractivity contribution in [2.24, 2.45) is 0 Å². The molecule has 3 rings (SSSR count). The van der Waals surface area contributed by atoms with Crippen LogP contribution in [0.2, 0.25) is 0 Å². The number of aryl methyl sites for hydroxylation is 1. The summed E-state index contributed by atoms with van der Waals surface area (Å²) < 4.78 is 7.01. The summed E-state index contributed by atoms with van der Waals surface area (Å²) in [5.74, 6) is 5.87. The fraction of sp³-hybridized carbons (Fsp3) is 0.200. The van der Waals surface area contributed by atoms with E-state index in [1.807, 2.05) is 41.8 Å². The highest BCUT2D eigenvalue weighted by Crippen LogP contribution is 2.28. The Morgan fingerprint density at radius 1 is 1.48 bits per heavy atom. The normalized spacial score (nSPS) is 10.3. The number of ether oxygens (including phenoxy) is 1. The second kappa shape index (κ2) is 8.08. The molecule has 0 radical (unpaired) electrons. The molecule has 7 heteroatoms. The van der Waals surface area contributed by atoms with E-state index in [2.05, 4.69) is 17.2 Å². The van der Waals surface area contributed by atoms with E-state index >= 15 is 0 Å². The molecule has 3 N–H and O–H groups in total. The monoisotopic (exact) mass is 381 g/mol. The molecule has 0 saturated carbocycles. The highest BCUT2D eigenvalue weighted by atomic mass is 32.1. The number of nitrogens with one attached hydrogen (secondary N) is 2. The Hall–Kier alpha value is -3.08. The number of rotatable bonds is 5. The number of benzene rings is 1. The number of aliphatic hydroxyl groups excluding tert-OH is 1. The largest absolute Gasteiger partial charge is 0.497 e. The molecule has 0 aliphatic rings. The molecule has 0 atom stereocenters. The number of carbonyl (C=O) groups is 1. The maximum absolute atomic E-state index is 12.9. The van der Waals surface area contributed by atoms with Gasteiger partial charge in [-0.15, -0.1) is 11.3 Å². The predicted molar refractivity (Wildman–Crippen MR) is 106 cm³/mol. The molecule has 0 fully saturated rings. The van der Waals surface area contributed by atoms with Gasteiger partial charge in [-0.3, -0.25) is 9.20 Å². The zero-order valence-corrected chi connectivity index (χ0v) is 15.8. The number of fused-ring (bicyclic) bond motifs is 1. The van der Waals surface area contributed by atoms with Crippen LogP contribution in [0.25, 0.3) is 4.83 Å². The van der Waals surface area contributed by atoms with Crippen LogP contribution in [-0.4, -0.2) is 35.3 Å². The van der Waals surface area contributed by atoms with Crippen LogP contribution >= 0.6 is 11.3 Å². The Bertz CT molecular complexity index is 1070. The molecule has 0 saturated heterocycles. The average molecular weight is 381 g/mol. The van der Waals surface area contributed by atoms with Crippen LogP contribution < -0.4 is 10.1 Å². The van der Waals surface area contributed by atoms with E-state index in [0.29, 0.717) is 23.4 Å². The number of amides is 1. The van der Waals surface area contributed by atoms with Crippen molar-refractivity contribution in [3.63, 3.8) is 0 Å². The van der Waals surface area contributed by atoms with Crippen LogP contribution in [0.4, 0.5) is 0 Å². The molecular weight excluding hydrogens is 362 g/mol. The first-order valence-electron chi connectivity index (χ1n) is 8.24. The molecule has 27 heavy (non-hydrogen) atoms. The number of hydrogen-bond donors (Lipinski definition) is 3. The molecule has 138 valence electrons. The molecule has 0 aliphatic carbocycles. The van der Waals surface area contributed by atoms with Crippen molar-refractivity contribution in [1.82, 2.24) is 9.72 Å². The number of carbonyl (C=O) groups excluding carboxylic acids is 1. The van der Waals surface area contributed by atoms with Gasteiger partial charge in [-0.2, -0.15) is 0 Å². The maximum atomic E-state index is 12.9. The third kappa shape index (κ3) is 3.72. The summed E-state index contributed by atoms with van der Waals surface area (Å²) >= 11 is 1.49. The molecule has 6 nitrogen and oxygen atoms in total. The van der Waals surface area contributed by atoms with Gasteiger partial charge < -0.3 is 20.6 Å². The summed E-state index contributed by atoms with van der Waals surface area (Å²) in [5, 5.41) is 19.7. The van der Waals surface area contributed by atoms with Crippen molar-refractivity contribution in [2.45, 2.75) is 13.5 Å². The number of aromatic nitrogens is 1. The van der Waals surface area contributed by atoms with E-state index in [1.165, 1.54) is 17.6 Å². The van der Waals surface area contributed by atoms with Gasteiger partial charge in [0, 0.05) is 29.4 Å². The minimum Gasteiger partial charge on any atom is -0.497 e. The van der Waals surface area contributed by atoms with Crippen LogP contribution in [0.5, 0.6) is 5.75 Å². The first-order valence-corrected chi connectivity index (χ1v) is 9.06. The second-order valence-electron chi connectivity index (χ2n) is 5.79. The molecule has 3 aromatic rings. The Labute approximate surface area is 160 Å². The molecule has 0 spiro atoms. The summed E-state index contributed by atoms with van der Waals surface area (Å²) in [5.41, 5.74) is 2.25. The summed E-state index contributed by atoms with van der Waals surface area (Å²) in [6, 6.07) is 7.45. The van der Waals surface area contributed by atoms with Gasteiger partial charge in [0.05, 0.1) is 12.7 Å². The van der Waals surface area contributed by atoms with Crippen LogP contribution in [0.1, 0.15) is 32.1 Å². The van der Waals surface area contributed by atoms with Crippen molar-refractivity contribution >= 4 is 28.3 Å². The van der Waals surface area contributed by atoms with Gasteiger partial charge in [0.1, 0.15) is 22.9 Å². The lowest BCUT2D eigenvalue weighted by Crippen LogP contribution is -2.24. The Morgan fingerprint density at radius 2 is 2.30 bits per heavy atom. The van der Waals surface area contributed by atoms with Gasteiger partial charge >= 0.3 is 0 Å². The quantitative estimate of drug-likeness (QED) is 0.469. The summed E-state index contributed by atoms with van der Waals surface area (Å²) in [6.45, 7) is 1.97. The highest BCUT2D eigenvalue weighted by molar-refractivity contribution is 7.17. The van der Waals surface area contributed by atoms with Gasteiger partial charge in [-0.25, -0.2) is 0 Å². The first-order chi connectivity index (χ1) is 13.1. The summed E-state index contributed by atoms with van der Waals surface area (Å²) in [4.78, 5) is 14.7. The third-order valence-electron chi connectivity index (χ3n) is 4.01. The standard InChI is InChI=1S/C20H19N3O3S/c1-13-12-23-17(7-4-8-24)18(16(10-21)20(23)27-13)19(25)22-11-14-5-3-6-15(9-14)26-2/h3,5-6,9-10,12,21,24H,8,11H2,1-2H3,(H,22,25). The lowest BCUT2D eigenvalue weighted by molar-refractivity contribution is 0.0950. The smallest absolute Gasteiger partial charge is 0.255 e. The van der Waals surface area contributed by atoms with E-state index in [9.17, 15) is 4.79 Å². The van der Waals surface area contributed by atoms with Crippen molar-refractivity contribution in [3.05, 3.63) is 57.7 Å². The fourth-order valence-corrected chi connectivity index (χ4v) is 3.81. The molecule has 0 aliphatic heterocycles. The lowest BCUT2D eigenvalue weighted by Gasteiger charge is -2.07. The minimum absolute atomic E-state index is 0.304. The van der Waals surface area contributed by atoms with Gasteiger partial charge in [0.25, 0.3) is 5.91 Å². The number of methoxy groups -OCH3 is 1. The number of thiazole rings is 1. The molecular formula is C20H19N3O3S. The number of nitrogens with zero attached hydrogens (tertiary/aromatic N) is 1. The van der Waals surface area contributed by atoms with Crippen LogP contribution in [0.15, 0.2) is 30.5 Å². The topological polar surface area (TPSA) is 86.8 Å². The van der Waals surface area contributed by atoms with Crippen molar-refractivity contribution in [3.8, 4) is 17.6 Å². The second-order valence-corrected chi connectivity index (χ2v) is 7.03. The SMILES string of the molecule is COc1cccc(CNC(=O)c2c(C=N)c3sc(C)cn3c2C#CCO)c1. The first kappa shape index (κ1) is 18.7. The summed E-state index contributed by atoms with van der Waals surface area (Å²) in [7, 11) is 1.59. The van der Waals surface area contributed by atoms with Crippen molar-refractivity contribution in [2.75, 3.05) is 13.7 Å². The fourth-order valence-electron chi connectivity index (χ4n) is 2.84.